The lowest BCUT2D eigenvalue weighted by atomic mass is 10.1. The first-order valence-electron chi connectivity index (χ1n) is 6.17. The number of carbonyl (C=O) groups excluding carboxylic acids is 2. The maximum atomic E-state index is 11.7. The van der Waals surface area contributed by atoms with Gasteiger partial charge in [-0.15, -0.1) is 0 Å². The van der Waals surface area contributed by atoms with Gasteiger partial charge in [0.15, 0.2) is 0 Å². The Morgan fingerprint density at radius 1 is 1.11 bits per heavy atom. The van der Waals surface area contributed by atoms with Gasteiger partial charge in [0.1, 0.15) is 6.61 Å². The summed E-state index contributed by atoms with van der Waals surface area (Å²) < 4.78 is 4.96. The third-order valence-corrected chi connectivity index (χ3v) is 2.76. The van der Waals surface area contributed by atoms with Gasteiger partial charge in [0.05, 0.1) is 0 Å². The molecule has 0 fully saturated rings. The largest absolute Gasteiger partial charge is 0.458 e. The van der Waals surface area contributed by atoms with Crippen LogP contribution in [0.4, 0.5) is 0 Å². The highest BCUT2D eigenvalue weighted by Crippen LogP contribution is 2.01. The zero-order chi connectivity index (χ0) is 13.4. The second-order valence-electron chi connectivity index (χ2n) is 3.86. The minimum absolute atomic E-state index is 0.249. The van der Waals surface area contributed by atoms with Crippen LogP contribution in [0.15, 0.2) is 30.3 Å². The van der Waals surface area contributed by atoms with Gasteiger partial charge in [-0.1, -0.05) is 44.2 Å². The highest BCUT2D eigenvalue weighted by atomic mass is 16.5. The van der Waals surface area contributed by atoms with Gasteiger partial charge < -0.3 is 9.64 Å². The van der Waals surface area contributed by atoms with Gasteiger partial charge in [-0.25, -0.2) is 4.79 Å². The van der Waals surface area contributed by atoms with Crippen molar-refractivity contribution >= 4 is 11.8 Å². The number of carbonyl (C=O) groups is 2. The van der Waals surface area contributed by atoms with E-state index in [4.69, 9.17) is 4.74 Å². The van der Waals surface area contributed by atoms with E-state index in [2.05, 4.69) is 4.90 Å². The smallest absolute Gasteiger partial charge is 0.379 e. The quantitative estimate of drug-likeness (QED) is 0.419. The summed E-state index contributed by atoms with van der Waals surface area (Å²) >= 11 is 0. The molecule has 4 heteroatoms. The third kappa shape index (κ3) is 4.30. The van der Waals surface area contributed by atoms with Crippen molar-refractivity contribution in [2.24, 2.45) is 0 Å². The van der Waals surface area contributed by atoms with E-state index in [1.165, 1.54) is 0 Å². The number of hydrogen-bond donors (Lipinski definition) is 0. The molecule has 1 rings (SSSR count). The first-order valence-corrected chi connectivity index (χ1v) is 6.17. The summed E-state index contributed by atoms with van der Waals surface area (Å²) in [6, 6.07) is 8.44. The molecule has 0 saturated carbocycles. The van der Waals surface area contributed by atoms with Gasteiger partial charge in [0.2, 0.25) is 0 Å². The maximum absolute atomic E-state index is 11.7. The molecule has 98 valence electrons. The average molecular weight is 249 g/mol. The van der Waals surface area contributed by atoms with Crippen LogP contribution in [0.3, 0.4) is 0 Å². The number of benzene rings is 1. The Morgan fingerprint density at radius 2 is 1.72 bits per heavy atom. The summed E-state index contributed by atoms with van der Waals surface area (Å²) in [5.41, 5.74) is 0.366. The van der Waals surface area contributed by atoms with Crippen LogP contribution in [0.2, 0.25) is 0 Å². The summed E-state index contributed by atoms with van der Waals surface area (Å²) in [6.07, 6.45) is 0. The lowest BCUT2D eigenvalue weighted by molar-refractivity contribution is -0.138. The Balaban J connectivity index is 2.40. The molecule has 0 aliphatic carbocycles. The highest BCUT2D eigenvalue weighted by molar-refractivity contribution is 6.40. The lowest BCUT2D eigenvalue weighted by Crippen LogP contribution is -2.29. The van der Waals surface area contributed by atoms with E-state index in [1.54, 1.807) is 30.3 Å². The molecule has 0 bridgehead atoms. The van der Waals surface area contributed by atoms with Crippen LogP contribution in [0.25, 0.3) is 0 Å². The van der Waals surface area contributed by atoms with Gasteiger partial charge in [-0.3, -0.25) is 4.79 Å². The van der Waals surface area contributed by atoms with Crippen molar-refractivity contribution < 1.29 is 14.3 Å². The van der Waals surface area contributed by atoms with Crippen molar-refractivity contribution in [3.63, 3.8) is 0 Å². The van der Waals surface area contributed by atoms with Crippen LogP contribution < -0.4 is 0 Å². The zero-order valence-corrected chi connectivity index (χ0v) is 10.9. The predicted octanol–water partition coefficient (Wildman–Crippen LogP) is 1.75. The number of hydrogen-bond acceptors (Lipinski definition) is 4. The van der Waals surface area contributed by atoms with E-state index in [0.29, 0.717) is 12.1 Å². The Bertz CT molecular complexity index is 385. The topological polar surface area (TPSA) is 46.6 Å². The van der Waals surface area contributed by atoms with Crippen LogP contribution in [0.1, 0.15) is 24.2 Å². The molecule has 4 nitrogen and oxygen atoms in total. The van der Waals surface area contributed by atoms with Gasteiger partial charge in [0.25, 0.3) is 5.78 Å². The SMILES string of the molecule is CCN(CC)CCOC(=O)C(=O)c1ccccc1. The predicted molar refractivity (Wildman–Crippen MR) is 69.5 cm³/mol. The molecular formula is C14H19NO3. The van der Waals surface area contributed by atoms with E-state index in [9.17, 15) is 9.59 Å². The standard InChI is InChI=1S/C14H19NO3/c1-3-15(4-2)10-11-18-14(17)13(16)12-8-6-5-7-9-12/h5-9H,3-4,10-11H2,1-2H3. The molecular weight excluding hydrogens is 230 g/mol. The second kappa shape index (κ2) is 7.61. The summed E-state index contributed by atoms with van der Waals surface area (Å²) in [5.74, 6) is -1.37. The number of esters is 1. The molecule has 0 atom stereocenters. The molecule has 0 aliphatic heterocycles. The minimum Gasteiger partial charge on any atom is -0.458 e. The summed E-state index contributed by atoms with van der Waals surface area (Å²) in [7, 11) is 0. The lowest BCUT2D eigenvalue weighted by Gasteiger charge is -2.17. The Morgan fingerprint density at radius 3 is 2.28 bits per heavy atom. The van der Waals surface area contributed by atoms with Crippen LogP contribution in [-0.2, 0) is 9.53 Å². The molecule has 0 N–H and O–H groups in total. The first-order chi connectivity index (χ1) is 8.69. The van der Waals surface area contributed by atoms with E-state index in [-0.39, 0.29) is 6.61 Å². The van der Waals surface area contributed by atoms with E-state index < -0.39 is 11.8 Å². The van der Waals surface area contributed by atoms with Gasteiger partial charge in [0, 0.05) is 12.1 Å². The molecule has 0 heterocycles. The monoisotopic (exact) mass is 249 g/mol. The molecule has 0 spiro atoms. The molecule has 1 aromatic rings. The highest BCUT2D eigenvalue weighted by Gasteiger charge is 2.17. The van der Waals surface area contributed by atoms with Crippen molar-refractivity contribution in [1.29, 1.82) is 0 Å². The molecule has 0 saturated heterocycles. The number of ketones is 1. The fourth-order valence-electron chi connectivity index (χ4n) is 1.58. The van der Waals surface area contributed by atoms with Crippen molar-refractivity contribution in [3.8, 4) is 0 Å². The van der Waals surface area contributed by atoms with Crippen molar-refractivity contribution in [2.75, 3.05) is 26.2 Å². The van der Waals surface area contributed by atoms with Gasteiger partial charge in [-0.05, 0) is 13.1 Å². The molecule has 0 aromatic heterocycles. The van der Waals surface area contributed by atoms with Crippen molar-refractivity contribution in [2.45, 2.75) is 13.8 Å². The molecule has 1 aromatic carbocycles. The summed E-state index contributed by atoms with van der Waals surface area (Å²) in [5, 5.41) is 0. The number of ether oxygens (including phenoxy) is 1. The average Bonchev–Trinajstić information content (AvgIpc) is 2.43. The van der Waals surface area contributed by atoms with Crippen LogP contribution >= 0.6 is 0 Å². The number of nitrogens with zero attached hydrogens (tertiary/aromatic N) is 1. The van der Waals surface area contributed by atoms with Crippen LogP contribution in [-0.4, -0.2) is 42.9 Å². The second-order valence-corrected chi connectivity index (χ2v) is 3.86. The molecule has 0 aliphatic rings. The first kappa shape index (κ1) is 14.4. The maximum Gasteiger partial charge on any atom is 0.379 e. The van der Waals surface area contributed by atoms with Crippen molar-refractivity contribution in [3.05, 3.63) is 35.9 Å². The Labute approximate surface area is 108 Å². The van der Waals surface area contributed by atoms with Crippen molar-refractivity contribution in [1.82, 2.24) is 4.90 Å². The molecule has 0 unspecified atom stereocenters. The van der Waals surface area contributed by atoms with Gasteiger partial charge >= 0.3 is 5.97 Å². The Kier molecular flexibility index (Phi) is 6.08. The normalized spacial score (nSPS) is 10.4. The Hall–Kier alpha value is -1.68. The van der Waals surface area contributed by atoms with E-state index in [1.807, 2.05) is 13.8 Å². The third-order valence-electron chi connectivity index (χ3n) is 2.76. The summed E-state index contributed by atoms with van der Waals surface area (Å²) in [6.45, 7) is 6.79. The minimum atomic E-state index is -0.784. The zero-order valence-electron chi connectivity index (χ0n) is 10.9. The molecule has 0 radical (unpaired) electrons. The number of likely N-dealkylation sites (N-methyl/N-ethyl adjacent to an activating group) is 1. The molecule has 0 amide bonds. The fourth-order valence-corrected chi connectivity index (χ4v) is 1.58. The van der Waals surface area contributed by atoms with Crippen LogP contribution in [0.5, 0.6) is 0 Å². The van der Waals surface area contributed by atoms with E-state index >= 15 is 0 Å². The number of rotatable bonds is 7. The fraction of sp³-hybridized carbons (Fsp3) is 0.429. The number of Topliss-reactive ketones (excluding diaryl/α,β-unsaturated/α-hetero) is 1. The van der Waals surface area contributed by atoms with Crippen LogP contribution in [0, 0.1) is 0 Å². The summed E-state index contributed by atoms with van der Waals surface area (Å²) in [4.78, 5) is 25.3. The van der Waals surface area contributed by atoms with Gasteiger partial charge in [-0.2, -0.15) is 0 Å². The molecule has 18 heavy (non-hydrogen) atoms. The van der Waals surface area contributed by atoms with E-state index in [0.717, 1.165) is 13.1 Å².